The van der Waals surface area contributed by atoms with Crippen molar-refractivity contribution in [3.63, 3.8) is 0 Å². The van der Waals surface area contributed by atoms with Crippen LogP contribution in [0.2, 0.25) is 0 Å². The fourth-order valence-corrected chi connectivity index (χ4v) is 26.3. The van der Waals surface area contributed by atoms with Crippen LogP contribution in [-0.2, 0) is 0 Å². The molecular formula is C64H64F4N2P4. The first kappa shape index (κ1) is 52.6. The van der Waals surface area contributed by atoms with Crippen LogP contribution in [0.5, 0.6) is 0 Å². The molecule has 2 nitrogen and oxygen atoms in total. The van der Waals surface area contributed by atoms with Crippen molar-refractivity contribution in [2.45, 2.75) is 86.8 Å². The molecule has 10 rings (SSSR count). The lowest BCUT2D eigenvalue weighted by molar-refractivity contribution is 0.538. The van der Waals surface area contributed by atoms with Crippen molar-refractivity contribution in [3.05, 3.63) is 264 Å². The van der Waals surface area contributed by atoms with Crippen molar-refractivity contribution < 1.29 is 17.6 Å². The molecule has 2 heterocycles. The van der Waals surface area contributed by atoms with Crippen LogP contribution in [0.3, 0.4) is 0 Å². The molecule has 0 radical (unpaired) electrons. The number of rotatable bonds is 21. The molecule has 2 fully saturated rings. The minimum Gasteiger partial charge on any atom is -0.251 e. The highest BCUT2D eigenvalue weighted by molar-refractivity contribution is 7.80. The van der Waals surface area contributed by atoms with E-state index in [1.165, 1.54) is 46.5 Å². The van der Waals surface area contributed by atoms with E-state index in [0.717, 1.165) is 77.3 Å². The molecule has 0 N–H and O–H groups in total. The maximum absolute atomic E-state index is 16.4. The minimum absolute atomic E-state index is 0.242. The number of hydrogen-bond donors (Lipinski definition) is 0. The van der Waals surface area contributed by atoms with E-state index in [1.807, 2.05) is 48.5 Å². The van der Waals surface area contributed by atoms with E-state index in [4.69, 9.17) is 0 Å². The predicted octanol–water partition coefficient (Wildman–Crippen LogP) is 17.9. The molecule has 2 aliphatic rings. The molecule has 0 aliphatic carbocycles. The Morgan fingerprint density at radius 1 is 0.297 bits per heavy atom. The van der Waals surface area contributed by atoms with Crippen molar-refractivity contribution in [3.8, 4) is 0 Å². The number of nitrogens with zero attached hydrogens (tertiary/aromatic N) is 2. The van der Waals surface area contributed by atoms with Crippen molar-refractivity contribution in [2.75, 3.05) is 13.1 Å². The molecule has 0 unspecified atom stereocenters. The van der Waals surface area contributed by atoms with Gasteiger partial charge < -0.3 is 0 Å². The van der Waals surface area contributed by atoms with Gasteiger partial charge in [-0.2, -0.15) is 0 Å². The van der Waals surface area contributed by atoms with Crippen LogP contribution in [0, 0.1) is 23.3 Å². The second-order valence-corrected chi connectivity index (χ2v) is 29.1. The summed E-state index contributed by atoms with van der Waals surface area (Å²) in [7, 11) is -5.07. The number of unbranched alkanes of at least 4 members (excludes halogenated alkanes) is 5. The van der Waals surface area contributed by atoms with E-state index in [1.54, 1.807) is 24.3 Å². The van der Waals surface area contributed by atoms with Crippen molar-refractivity contribution >= 4 is 53.5 Å². The summed E-state index contributed by atoms with van der Waals surface area (Å²) in [6.07, 6.45) is 9.80. The standard InChI is InChI=1S/C64H64F4N2P4/c65-53-35-17-21-39-61(53)73(62-40-22-18-36-54(62)66)69(71-57(49-27-9-5-10-28-49)43-44-58(71)50-29-11-6-12-30-50)47-25-3-1-2-4-26-48-70(74(63-41-23-19-37-55(63)67)64-42-24-20-38-56(64)68)72-59(51-31-13-7-14-32-51)45-46-60(72)52-33-15-8-16-34-52/h5-24,27-42,57-60H,1-4,25-26,43-48H2/t57-,58-,59+,60+. The fraction of sp³-hybridized carbons (Fsp3) is 0.250. The third-order valence-corrected chi connectivity index (χ3v) is 27.9. The molecule has 10 heteroatoms. The number of benzene rings is 8. The zero-order valence-corrected chi connectivity index (χ0v) is 45.4. The van der Waals surface area contributed by atoms with Crippen LogP contribution in [0.1, 0.15) is 109 Å². The van der Waals surface area contributed by atoms with Gasteiger partial charge in [-0.1, -0.05) is 196 Å². The van der Waals surface area contributed by atoms with Crippen LogP contribution >= 0.6 is 32.3 Å². The summed E-state index contributed by atoms with van der Waals surface area (Å²) < 4.78 is 70.8. The van der Waals surface area contributed by atoms with Gasteiger partial charge in [-0.05, 0) is 125 Å². The Bertz CT molecular complexity index is 2620. The Morgan fingerprint density at radius 3 is 0.757 bits per heavy atom. The monoisotopic (exact) mass is 1060 g/mol. The molecule has 378 valence electrons. The molecule has 0 aromatic heterocycles. The first-order valence-corrected chi connectivity index (χ1v) is 31.8. The Morgan fingerprint density at radius 2 is 0.514 bits per heavy atom. The van der Waals surface area contributed by atoms with Crippen molar-refractivity contribution in [2.24, 2.45) is 0 Å². The summed E-state index contributed by atoms with van der Waals surface area (Å²) in [4.78, 5) is 0. The van der Waals surface area contributed by atoms with E-state index >= 15 is 17.6 Å². The molecule has 0 saturated carbocycles. The van der Waals surface area contributed by atoms with Gasteiger partial charge in [-0.3, -0.25) is 8.88 Å². The average molecular weight is 1060 g/mol. The van der Waals surface area contributed by atoms with Gasteiger partial charge in [0.1, 0.15) is 23.3 Å². The quantitative estimate of drug-likeness (QED) is 0.0402. The Balaban J connectivity index is 0.928. The highest BCUT2D eigenvalue weighted by Gasteiger charge is 2.47. The molecule has 0 bridgehead atoms. The van der Waals surface area contributed by atoms with Crippen LogP contribution in [0.4, 0.5) is 17.6 Å². The van der Waals surface area contributed by atoms with E-state index in [2.05, 4.69) is 130 Å². The van der Waals surface area contributed by atoms with Crippen LogP contribution in [0.25, 0.3) is 0 Å². The molecule has 0 spiro atoms. The smallest absolute Gasteiger partial charge is 0.132 e. The highest BCUT2D eigenvalue weighted by atomic mass is 31.2. The molecule has 74 heavy (non-hydrogen) atoms. The van der Waals surface area contributed by atoms with E-state index in [0.29, 0.717) is 21.2 Å². The van der Waals surface area contributed by atoms with Crippen molar-refractivity contribution in [1.29, 1.82) is 0 Å². The van der Waals surface area contributed by atoms with Gasteiger partial charge in [-0.25, -0.2) is 17.6 Å². The van der Waals surface area contributed by atoms with Gasteiger partial charge in [0.25, 0.3) is 0 Å². The van der Waals surface area contributed by atoms with Gasteiger partial charge in [0.15, 0.2) is 0 Å². The second-order valence-electron chi connectivity index (χ2n) is 19.4. The summed E-state index contributed by atoms with van der Waals surface area (Å²) in [6, 6.07) is 71.4. The Hall–Kier alpha value is -4.88. The van der Waals surface area contributed by atoms with Gasteiger partial charge in [-0.15, -0.1) is 0 Å². The first-order valence-electron chi connectivity index (χ1n) is 26.4. The second kappa shape index (κ2) is 25.8. The highest BCUT2D eigenvalue weighted by Crippen LogP contribution is 2.77. The zero-order valence-electron chi connectivity index (χ0n) is 41.8. The summed E-state index contributed by atoms with van der Waals surface area (Å²) in [5.74, 6) is -1.16. The molecule has 2 aliphatic heterocycles. The van der Waals surface area contributed by atoms with E-state index in [9.17, 15) is 0 Å². The first-order chi connectivity index (χ1) is 36.5. The zero-order chi connectivity index (χ0) is 50.6. The summed E-state index contributed by atoms with van der Waals surface area (Å²) in [5, 5.41) is 2.29. The number of halogens is 4. The Kier molecular flexibility index (Phi) is 18.3. The third kappa shape index (κ3) is 12.0. The van der Waals surface area contributed by atoms with E-state index < -0.39 is 32.3 Å². The van der Waals surface area contributed by atoms with Crippen LogP contribution < -0.4 is 21.2 Å². The summed E-state index contributed by atoms with van der Waals surface area (Å²) in [6.45, 7) is 1.45. The average Bonchev–Trinajstić information content (AvgIpc) is 4.10. The normalized spacial score (nSPS) is 18.3. The topological polar surface area (TPSA) is 6.48 Å². The van der Waals surface area contributed by atoms with Gasteiger partial charge in [0.05, 0.1) is 0 Å². The largest absolute Gasteiger partial charge is 0.251 e. The van der Waals surface area contributed by atoms with Gasteiger partial charge >= 0.3 is 0 Å². The molecule has 8 aromatic rings. The summed E-state index contributed by atoms with van der Waals surface area (Å²) in [5.41, 5.74) is 6.16. The molecular weight excluding hydrogens is 997 g/mol. The van der Waals surface area contributed by atoms with Gasteiger partial charge in [0.2, 0.25) is 0 Å². The molecule has 0 amide bonds. The lowest BCUT2D eigenvalue weighted by atomic mass is 10.0. The predicted molar refractivity (Wildman–Crippen MR) is 308 cm³/mol. The molecule has 2 saturated heterocycles. The van der Waals surface area contributed by atoms with Gasteiger partial charge in [0, 0.05) is 73.1 Å². The summed E-state index contributed by atoms with van der Waals surface area (Å²) >= 11 is 0. The Labute approximate surface area is 441 Å². The van der Waals surface area contributed by atoms with Crippen LogP contribution in [-0.4, -0.2) is 22.0 Å². The van der Waals surface area contributed by atoms with E-state index in [-0.39, 0.29) is 45.9 Å². The molecule has 8 aromatic carbocycles. The molecule has 4 atom stereocenters. The SMILES string of the molecule is Fc1ccccc1P(c1ccccc1F)N(CCCCCCCCN(P(c1ccccc1F)c1ccccc1F)P1[C@H](c2ccccc2)CC[C@H]1c1ccccc1)P1[C@@H](c2ccccc2)CC[C@@H]1c1ccccc1. The van der Waals surface area contributed by atoms with Crippen molar-refractivity contribution in [1.82, 2.24) is 8.88 Å². The van der Waals surface area contributed by atoms with Crippen LogP contribution in [0.15, 0.2) is 218 Å². The number of hydrogen-bond acceptors (Lipinski definition) is 2. The maximum Gasteiger partial charge on any atom is 0.132 e. The lowest BCUT2D eigenvalue weighted by Crippen LogP contribution is -2.30. The lowest BCUT2D eigenvalue weighted by Gasteiger charge is -2.42. The third-order valence-electron chi connectivity index (χ3n) is 14.7. The minimum atomic E-state index is -1.58. The fourth-order valence-electron chi connectivity index (χ4n) is 11.3. The maximum atomic E-state index is 16.4.